The van der Waals surface area contributed by atoms with Gasteiger partial charge >= 0.3 is 60.3 Å². The Kier molecular flexibility index (Phi) is 12.9. The van der Waals surface area contributed by atoms with Gasteiger partial charge in [0.2, 0.25) is 22.9 Å². The molecule has 0 saturated heterocycles. The van der Waals surface area contributed by atoms with Crippen molar-refractivity contribution in [3.05, 3.63) is 0 Å². The molecule has 41 heavy (non-hydrogen) atoms. The first-order chi connectivity index (χ1) is 18.0. The second kappa shape index (κ2) is 13.4. The van der Waals surface area contributed by atoms with Crippen molar-refractivity contribution in [1.82, 2.24) is 5.32 Å². The molecule has 6 nitrogen and oxygen atoms in total. The van der Waals surface area contributed by atoms with E-state index in [0.29, 0.717) is 0 Å². The molecule has 0 aliphatic heterocycles. The summed E-state index contributed by atoms with van der Waals surface area (Å²) < 4.78 is 215. The van der Waals surface area contributed by atoms with E-state index in [1.807, 2.05) is 5.32 Å². The minimum absolute atomic E-state index is 0.0266. The molecule has 0 aromatic carbocycles. The number of rotatable bonds is 17. The normalized spacial score (nSPS) is 15.3. The zero-order valence-corrected chi connectivity index (χ0v) is 22.4. The molecule has 1 atom stereocenters. The van der Waals surface area contributed by atoms with Crippen molar-refractivity contribution in [3.8, 4) is 0 Å². The van der Waals surface area contributed by atoms with E-state index >= 15 is 0 Å². The number of likely N-dealkylation sites (N-methyl/N-ethyl adjacent to an activating group) is 1. The summed E-state index contributed by atoms with van der Waals surface area (Å²) in [7, 11) is 3.01. The Bertz CT molecular complexity index is 898. The van der Waals surface area contributed by atoms with Crippen LogP contribution in [0.1, 0.15) is 6.42 Å². The highest BCUT2D eigenvalue weighted by molar-refractivity contribution is 14.1. The number of carbonyl (C=O) groups excluding carboxylic acids is 2. The zero-order chi connectivity index (χ0) is 33.0. The Balaban J connectivity index is 5.71. The molecule has 0 aromatic heterocycles. The van der Waals surface area contributed by atoms with E-state index in [2.05, 4.69) is 9.47 Å². The van der Waals surface area contributed by atoms with Gasteiger partial charge in [0.1, 0.15) is 6.04 Å². The number of esters is 2. The van der Waals surface area contributed by atoms with E-state index in [9.17, 15) is 79.8 Å². The number of nitrogens with one attached hydrogen (secondary N) is 1. The van der Waals surface area contributed by atoms with Gasteiger partial charge in [0, 0.05) is 6.54 Å². The van der Waals surface area contributed by atoms with E-state index in [-0.39, 0.29) is 9.24 Å². The summed E-state index contributed by atoms with van der Waals surface area (Å²) in [5.41, 5.74) is 0. The van der Waals surface area contributed by atoms with Crippen molar-refractivity contribution < 1.29 is 92.0 Å². The molecule has 0 fully saturated rings. The maximum Gasteiger partial charge on any atom is 0.381 e. The number of quaternary nitrogens is 1. The van der Waals surface area contributed by atoms with Gasteiger partial charge in [-0.25, -0.2) is 17.6 Å². The standard InChI is InChI=1S/C18H20F16IN2O4/c1-37(2,35)4-3-36-8(10(39)41-7-14(25,26)18(33,34)16(29,30)12(21)22)5-9(38)40-6-13(23,24)17(31,32)15(27,28)11(19)20/h8,11-12,36H,3-7H2,1-2H3/q+1. The molecule has 244 valence electrons. The summed E-state index contributed by atoms with van der Waals surface area (Å²) in [6, 6.07) is -2.37. The minimum atomic E-state index is -6.80. The molecule has 0 aliphatic rings. The van der Waals surface area contributed by atoms with E-state index in [4.69, 9.17) is 0 Å². The molecule has 23 heteroatoms. The van der Waals surface area contributed by atoms with Gasteiger partial charge < -0.3 is 9.47 Å². The lowest BCUT2D eigenvalue weighted by atomic mass is 10.1. The van der Waals surface area contributed by atoms with E-state index in [0.717, 1.165) is 0 Å². The minimum Gasteiger partial charge on any atom is -0.459 e. The Morgan fingerprint density at radius 3 is 1.44 bits per heavy atom. The topological polar surface area (TPSA) is 64.6 Å². The fraction of sp³-hybridized carbons (Fsp3) is 0.889. The fourth-order valence-corrected chi connectivity index (χ4v) is 2.59. The number of nitrogens with zero attached hydrogens (tertiary/aromatic N) is 1. The quantitative estimate of drug-likeness (QED) is 0.0959. The summed E-state index contributed by atoms with van der Waals surface area (Å²) in [6.45, 7) is -6.42. The van der Waals surface area contributed by atoms with Crippen LogP contribution in [0.3, 0.4) is 0 Å². The maximum absolute atomic E-state index is 13.6. The average Bonchev–Trinajstić information content (AvgIpc) is 2.79. The average molecular weight is 759 g/mol. The van der Waals surface area contributed by atoms with Gasteiger partial charge in [-0.05, 0) is 0 Å². The highest BCUT2D eigenvalue weighted by atomic mass is 127. The Morgan fingerprint density at radius 1 is 0.732 bits per heavy atom. The molecule has 0 saturated carbocycles. The van der Waals surface area contributed by atoms with Crippen LogP contribution in [-0.4, -0.2) is 109 Å². The third kappa shape index (κ3) is 9.48. The molecule has 0 heterocycles. The van der Waals surface area contributed by atoms with Crippen molar-refractivity contribution in [2.24, 2.45) is 0 Å². The number of hydrogen-bond donors (Lipinski definition) is 1. The third-order valence-electron chi connectivity index (χ3n) is 4.80. The molecule has 1 N–H and O–H groups in total. The first-order valence-corrected chi connectivity index (χ1v) is 11.4. The van der Waals surface area contributed by atoms with Gasteiger partial charge in [0.05, 0.1) is 27.1 Å². The van der Waals surface area contributed by atoms with Crippen molar-refractivity contribution in [3.63, 3.8) is 0 Å². The molecule has 0 amide bonds. The lowest BCUT2D eigenvalue weighted by Crippen LogP contribution is -2.59. The second-order valence-corrected chi connectivity index (χ2v) is 11.3. The fourth-order valence-electron chi connectivity index (χ4n) is 2.35. The number of halogens is 17. The van der Waals surface area contributed by atoms with Gasteiger partial charge in [-0.2, -0.15) is 52.7 Å². The largest absolute Gasteiger partial charge is 0.459 e. The van der Waals surface area contributed by atoms with Crippen molar-refractivity contribution in [1.29, 1.82) is 0 Å². The van der Waals surface area contributed by atoms with Crippen LogP contribution in [0, 0.1) is 0 Å². The summed E-state index contributed by atoms with van der Waals surface area (Å²) in [5, 5.41) is 2.05. The van der Waals surface area contributed by atoms with Gasteiger partial charge in [-0.15, -0.1) is 0 Å². The molecule has 0 aliphatic carbocycles. The Labute approximate surface area is 233 Å². The maximum atomic E-state index is 13.6. The molecule has 1 unspecified atom stereocenters. The lowest BCUT2D eigenvalue weighted by molar-refractivity contribution is -0.705. The van der Waals surface area contributed by atoms with Crippen LogP contribution in [0.15, 0.2) is 0 Å². The predicted molar refractivity (Wildman–Crippen MR) is 111 cm³/mol. The van der Waals surface area contributed by atoms with E-state index < -0.39 is 92.5 Å². The van der Waals surface area contributed by atoms with E-state index in [1.54, 1.807) is 22.9 Å². The van der Waals surface area contributed by atoms with E-state index in [1.165, 1.54) is 14.1 Å². The van der Waals surface area contributed by atoms with Gasteiger partial charge in [-0.1, -0.05) is 0 Å². The lowest BCUT2D eigenvalue weighted by Gasteiger charge is -2.32. The predicted octanol–water partition coefficient (Wildman–Crippen LogP) is 5.19. The highest BCUT2D eigenvalue weighted by Crippen LogP contribution is 2.49. The molecule has 0 bridgehead atoms. The van der Waals surface area contributed by atoms with Gasteiger partial charge in [-0.3, -0.25) is 17.6 Å². The van der Waals surface area contributed by atoms with Crippen LogP contribution in [-0.2, 0) is 19.1 Å². The van der Waals surface area contributed by atoms with Crippen LogP contribution >= 0.6 is 22.9 Å². The van der Waals surface area contributed by atoms with Crippen LogP contribution in [0.5, 0.6) is 0 Å². The number of alkyl halides is 16. The summed E-state index contributed by atoms with van der Waals surface area (Å²) in [4.78, 5) is 23.9. The van der Waals surface area contributed by atoms with Crippen molar-refractivity contribution in [2.45, 2.75) is 60.8 Å². The molecule has 0 rings (SSSR count). The molecular formula is C18H20F16IN2O4+. The third-order valence-corrected chi connectivity index (χ3v) is 5.29. The Hall–Kier alpha value is -1.53. The summed E-state index contributed by atoms with van der Waals surface area (Å²) in [6.07, 6.45) is -12.3. The highest BCUT2D eigenvalue weighted by Gasteiger charge is 2.76. The first-order valence-electron chi connectivity index (χ1n) is 10.4. The number of hydrogen-bond acceptors (Lipinski definition) is 5. The van der Waals surface area contributed by atoms with Crippen LogP contribution in [0.2, 0.25) is 0 Å². The second-order valence-electron chi connectivity index (χ2n) is 8.65. The van der Waals surface area contributed by atoms with Crippen LogP contribution in [0.4, 0.5) is 70.2 Å². The monoisotopic (exact) mass is 759 g/mol. The smallest absolute Gasteiger partial charge is 0.381 e. The summed E-state index contributed by atoms with van der Waals surface area (Å²) in [5.74, 6) is -43.5. The Morgan fingerprint density at radius 2 is 1.10 bits per heavy atom. The van der Waals surface area contributed by atoms with Gasteiger partial charge in [0.15, 0.2) is 13.2 Å². The molecule has 0 spiro atoms. The van der Waals surface area contributed by atoms with Crippen molar-refractivity contribution in [2.75, 3.05) is 40.4 Å². The van der Waals surface area contributed by atoms with Crippen LogP contribution < -0.4 is 5.32 Å². The number of ether oxygens (including phenoxy) is 2. The molecular weight excluding hydrogens is 739 g/mol. The first kappa shape index (κ1) is 39.5. The SMILES string of the molecule is C[N+](C)(I)CCNC(CC(=O)OCC(F)(F)C(F)(F)C(F)(F)C(F)F)C(=O)OCC(F)(F)C(F)(F)C(F)(F)C(F)F. The van der Waals surface area contributed by atoms with Gasteiger partial charge in [0.25, 0.3) is 0 Å². The number of carbonyl (C=O) groups is 2. The molecule has 0 radical (unpaired) electrons. The van der Waals surface area contributed by atoms with Crippen LogP contribution in [0.25, 0.3) is 0 Å². The molecule has 0 aromatic rings. The summed E-state index contributed by atoms with van der Waals surface area (Å²) >= 11 is 1.76. The van der Waals surface area contributed by atoms with Crippen molar-refractivity contribution >= 4 is 34.8 Å². The zero-order valence-electron chi connectivity index (χ0n) is 20.3.